The molecule has 2 saturated heterocycles. The lowest BCUT2D eigenvalue weighted by Crippen LogP contribution is -2.57. The number of carbonyl (C=O) groups is 1. The topological polar surface area (TPSA) is 53.4 Å². The summed E-state index contributed by atoms with van der Waals surface area (Å²) in [6.45, 7) is 8.51. The molecule has 1 amide bonds. The van der Waals surface area contributed by atoms with E-state index in [1.165, 1.54) is 0 Å². The van der Waals surface area contributed by atoms with Gasteiger partial charge in [-0.25, -0.2) is 4.98 Å². The molecule has 3 heterocycles. The SMILES string of the molecule is CCCn1ccnc1CN1CCN[C@H](C(=O)N2CCCC2)C1. The first-order valence-corrected chi connectivity index (χ1v) is 8.52. The molecule has 0 aromatic carbocycles. The smallest absolute Gasteiger partial charge is 0.241 e. The Balaban J connectivity index is 1.58. The van der Waals surface area contributed by atoms with Crippen LogP contribution in [0.5, 0.6) is 0 Å². The molecule has 6 heteroatoms. The minimum atomic E-state index is -0.0542. The summed E-state index contributed by atoms with van der Waals surface area (Å²) in [6.07, 6.45) is 7.34. The Bertz CT molecular complexity index is 494. The average molecular weight is 305 g/mol. The van der Waals surface area contributed by atoms with Crippen molar-refractivity contribution in [2.24, 2.45) is 0 Å². The van der Waals surface area contributed by atoms with E-state index in [1.54, 1.807) is 0 Å². The van der Waals surface area contributed by atoms with Gasteiger partial charge in [-0.15, -0.1) is 0 Å². The van der Waals surface area contributed by atoms with Crippen molar-refractivity contribution in [2.75, 3.05) is 32.7 Å². The Morgan fingerprint density at radius 2 is 2.18 bits per heavy atom. The van der Waals surface area contributed by atoms with Crippen molar-refractivity contribution in [2.45, 2.75) is 45.3 Å². The van der Waals surface area contributed by atoms with E-state index in [1.807, 2.05) is 17.3 Å². The van der Waals surface area contributed by atoms with E-state index in [4.69, 9.17) is 0 Å². The molecule has 2 aliphatic rings. The molecule has 0 unspecified atom stereocenters. The summed E-state index contributed by atoms with van der Waals surface area (Å²) in [5, 5.41) is 3.39. The first-order chi connectivity index (χ1) is 10.8. The van der Waals surface area contributed by atoms with Gasteiger partial charge in [0.2, 0.25) is 5.91 Å². The normalized spacial score (nSPS) is 23.1. The van der Waals surface area contributed by atoms with Crippen LogP contribution in [-0.4, -0.2) is 64.0 Å². The van der Waals surface area contributed by atoms with Crippen LogP contribution >= 0.6 is 0 Å². The number of imidazole rings is 1. The van der Waals surface area contributed by atoms with Crippen molar-refractivity contribution < 1.29 is 4.79 Å². The maximum atomic E-state index is 12.5. The van der Waals surface area contributed by atoms with Crippen LogP contribution in [0.25, 0.3) is 0 Å². The summed E-state index contributed by atoms with van der Waals surface area (Å²) >= 11 is 0. The number of nitrogens with one attached hydrogen (secondary N) is 1. The Hall–Kier alpha value is -1.40. The molecule has 22 heavy (non-hydrogen) atoms. The summed E-state index contributed by atoms with van der Waals surface area (Å²) in [5.74, 6) is 1.38. The van der Waals surface area contributed by atoms with Crippen LogP contribution in [0.2, 0.25) is 0 Å². The van der Waals surface area contributed by atoms with Gasteiger partial charge in [0.25, 0.3) is 0 Å². The fraction of sp³-hybridized carbons (Fsp3) is 0.750. The summed E-state index contributed by atoms with van der Waals surface area (Å²) in [7, 11) is 0. The molecule has 3 rings (SSSR count). The lowest BCUT2D eigenvalue weighted by Gasteiger charge is -2.34. The van der Waals surface area contributed by atoms with Crippen molar-refractivity contribution in [1.29, 1.82) is 0 Å². The second-order valence-electron chi connectivity index (χ2n) is 6.31. The van der Waals surface area contributed by atoms with E-state index < -0.39 is 0 Å². The first-order valence-electron chi connectivity index (χ1n) is 8.52. The van der Waals surface area contributed by atoms with E-state index in [-0.39, 0.29) is 11.9 Å². The van der Waals surface area contributed by atoms with Gasteiger partial charge >= 0.3 is 0 Å². The van der Waals surface area contributed by atoms with Gasteiger partial charge in [0.05, 0.1) is 12.6 Å². The molecule has 1 aromatic heterocycles. The molecule has 0 spiro atoms. The third kappa shape index (κ3) is 3.50. The zero-order valence-corrected chi connectivity index (χ0v) is 13.5. The molecular formula is C16H27N5O. The second-order valence-corrected chi connectivity index (χ2v) is 6.31. The molecule has 0 saturated carbocycles. The molecule has 1 N–H and O–H groups in total. The van der Waals surface area contributed by atoms with Gasteiger partial charge < -0.3 is 14.8 Å². The number of likely N-dealkylation sites (tertiary alicyclic amines) is 1. The number of piperazine rings is 1. The molecule has 2 fully saturated rings. The van der Waals surface area contributed by atoms with Crippen molar-refractivity contribution >= 4 is 5.91 Å². The average Bonchev–Trinajstić information content (AvgIpc) is 3.20. The monoisotopic (exact) mass is 305 g/mol. The van der Waals surface area contributed by atoms with Gasteiger partial charge in [-0.3, -0.25) is 9.69 Å². The highest BCUT2D eigenvalue weighted by molar-refractivity contribution is 5.82. The second kappa shape index (κ2) is 7.24. The van der Waals surface area contributed by atoms with Crippen LogP contribution in [0.3, 0.4) is 0 Å². The zero-order chi connectivity index (χ0) is 15.4. The predicted octanol–water partition coefficient (Wildman–Crippen LogP) is 0.689. The van der Waals surface area contributed by atoms with Gasteiger partial charge in [0.15, 0.2) is 0 Å². The zero-order valence-electron chi connectivity index (χ0n) is 13.5. The highest BCUT2D eigenvalue weighted by atomic mass is 16.2. The lowest BCUT2D eigenvalue weighted by molar-refractivity contribution is -0.133. The van der Waals surface area contributed by atoms with Crippen molar-refractivity contribution in [3.8, 4) is 0 Å². The highest BCUT2D eigenvalue weighted by Crippen LogP contribution is 2.13. The lowest BCUT2D eigenvalue weighted by atomic mass is 10.2. The standard InChI is InChI=1S/C16H27N5O/c1-2-7-20-11-6-18-15(20)13-19-10-5-17-14(12-19)16(22)21-8-3-4-9-21/h6,11,14,17H,2-5,7-10,12-13H2,1H3/t14-/m0/s1. The summed E-state index contributed by atoms with van der Waals surface area (Å²) in [5.41, 5.74) is 0. The summed E-state index contributed by atoms with van der Waals surface area (Å²) in [4.78, 5) is 21.4. The summed E-state index contributed by atoms with van der Waals surface area (Å²) in [6, 6.07) is -0.0542. The van der Waals surface area contributed by atoms with E-state index in [0.29, 0.717) is 0 Å². The Labute approximate surface area is 132 Å². The van der Waals surface area contributed by atoms with Gasteiger partial charge in [-0.2, -0.15) is 0 Å². The van der Waals surface area contributed by atoms with Crippen molar-refractivity contribution in [3.63, 3.8) is 0 Å². The third-order valence-electron chi connectivity index (χ3n) is 4.61. The van der Waals surface area contributed by atoms with Crippen LogP contribution in [0, 0.1) is 0 Å². The van der Waals surface area contributed by atoms with Gasteiger partial charge in [-0.05, 0) is 19.3 Å². The van der Waals surface area contributed by atoms with E-state index in [9.17, 15) is 4.79 Å². The van der Waals surface area contributed by atoms with E-state index in [0.717, 1.165) is 70.9 Å². The molecule has 1 atom stereocenters. The maximum Gasteiger partial charge on any atom is 0.241 e. The number of nitrogens with zero attached hydrogens (tertiary/aromatic N) is 4. The Morgan fingerprint density at radius 3 is 2.95 bits per heavy atom. The molecule has 6 nitrogen and oxygen atoms in total. The molecule has 1 aromatic rings. The fourth-order valence-electron chi connectivity index (χ4n) is 3.41. The van der Waals surface area contributed by atoms with Crippen LogP contribution < -0.4 is 5.32 Å². The van der Waals surface area contributed by atoms with Crippen LogP contribution in [0.1, 0.15) is 32.0 Å². The van der Waals surface area contributed by atoms with Crippen LogP contribution in [0.4, 0.5) is 0 Å². The minimum Gasteiger partial charge on any atom is -0.341 e. The minimum absolute atomic E-state index is 0.0542. The van der Waals surface area contributed by atoms with Crippen molar-refractivity contribution in [3.05, 3.63) is 18.2 Å². The third-order valence-corrected chi connectivity index (χ3v) is 4.61. The number of carbonyl (C=O) groups excluding carboxylic acids is 1. The Kier molecular flexibility index (Phi) is 5.10. The number of amides is 1. The molecule has 122 valence electrons. The number of hydrogen-bond donors (Lipinski definition) is 1. The molecule has 0 aliphatic carbocycles. The number of rotatable bonds is 5. The molecule has 2 aliphatic heterocycles. The Morgan fingerprint density at radius 1 is 1.36 bits per heavy atom. The molecule has 0 radical (unpaired) electrons. The highest BCUT2D eigenvalue weighted by Gasteiger charge is 2.30. The first kappa shape index (κ1) is 15.5. The van der Waals surface area contributed by atoms with Crippen LogP contribution in [-0.2, 0) is 17.9 Å². The van der Waals surface area contributed by atoms with E-state index in [2.05, 4.69) is 26.7 Å². The summed E-state index contributed by atoms with van der Waals surface area (Å²) < 4.78 is 2.22. The van der Waals surface area contributed by atoms with Crippen molar-refractivity contribution in [1.82, 2.24) is 24.7 Å². The van der Waals surface area contributed by atoms with Gasteiger partial charge in [-0.1, -0.05) is 6.92 Å². The van der Waals surface area contributed by atoms with Gasteiger partial charge in [0.1, 0.15) is 5.82 Å². The number of hydrogen-bond acceptors (Lipinski definition) is 4. The maximum absolute atomic E-state index is 12.5. The quantitative estimate of drug-likeness (QED) is 0.869. The number of aryl methyl sites for hydroxylation is 1. The van der Waals surface area contributed by atoms with Crippen LogP contribution in [0.15, 0.2) is 12.4 Å². The largest absolute Gasteiger partial charge is 0.341 e. The van der Waals surface area contributed by atoms with Gasteiger partial charge in [0, 0.05) is 51.7 Å². The van der Waals surface area contributed by atoms with E-state index >= 15 is 0 Å². The predicted molar refractivity (Wildman–Crippen MR) is 85.4 cm³/mol. The molecular weight excluding hydrogens is 278 g/mol. The number of aromatic nitrogens is 2. The fourth-order valence-corrected chi connectivity index (χ4v) is 3.41. The molecule has 0 bridgehead atoms.